The lowest BCUT2D eigenvalue weighted by Gasteiger charge is -2.25. The summed E-state index contributed by atoms with van der Waals surface area (Å²) in [5, 5.41) is 4.14. The maximum absolute atomic E-state index is 11.3. The van der Waals surface area contributed by atoms with Crippen LogP contribution in [0.5, 0.6) is 0 Å². The summed E-state index contributed by atoms with van der Waals surface area (Å²) in [7, 11) is 1.40. The monoisotopic (exact) mass is 262 g/mol. The lowest BCUT2D eigenvalue weighted by atomic mass is 10.1. The molecule has 102 valence electrons. The van der Waals surface area contributed by atoms with Gasteiger partial charge in [-0.25, -0.2) is 4.79 Å². The first-order valence-electron chi connectivity index (χ1n) is 6.34. The van der Waals surface area contributed by atoms with Crippen molar-refractivity contribution in [3.63, 3.8) is 0 Å². The van der Waals surface area contributed by atoms with E-state index in [1.54, 1.807) is 4.90 Å². The van der Waals surface area contributed by atoms with Crippen molar-refractivity contribution in [2.45, 2.75) is 19.4 Å². The van der Waals surface area contributed by atoms with Crippen LogP contribution in [0.25, 0.3) is 0 Å². The third kappa shape index (κ3) is 3.98. The number of likely N-dealkylation sites (tertiary alicyclic amines) is 1. The van der Waals surface area contributed by atoms with Crippen molar-refractivity contribution in [3.8, 4) is 0 Å². The second kappa shape index (κ2) is 6.78. The quantitative estimate of drug-likeness (QED) is 0.786. The highest BCUT2D eigenvalue weighted by atomic mass is 16.6. The lowest BCUT2D eigenvalue weighted by molar-refractivity contribution is 0.117. The highest BCUT2D eigenvalue weighted by Crippen LogP contribution is 2.09. The molecule has 0 bridgehead atoms. The van der Waals surface area contributed by atoms with E-state index in [2.05, 4.69) is 9.89 Å². The van der Waals surface area contributed by atoms with E-state index in [4.69, 9.17) is 4.84 Å². The van der Waals surface area contributed by atoms with Crippen LogP contribution >= 0.6 is 0 Å². The van der Waals surface area contributed by atoms with Crippen molar-refractivity contribution in [2.75, 3.05) is 20.2 Å². The number of ether oxygens (including phenoxy) is 1. The molecule has 2 rings (SSSR count). The Kier molecular flexibility index (Phi) is 4.78. The molecule has 0 aliphatic carbocycles. The average molecular weight is 262 g/mol. The Morgan fingerprint density at radius 1 is 1.26 bits per heavy atom. The summed E-state index contributed by atoms with van der Waals surface area (Å²) in [6, 6.07) is 9.92. The molecule has 0 spiro atoms. The van der Waals surface area contributed by atoms with Gasteiger partial charge in [-0.3, -0.25) is 0 Å². The highest BCUT2D eigenvalue weighted by Gasteiger charge is 2.20. The molecule has 19 heavy (non-hydrogen) atoms. The Morgan fingerprint density at radius 3 is 2.58 bits per heavy atom. The number of nitrogens with zero attached hydrogens (tertiary/aromatic N) is 2. The molecule has 1 heterocycles. The van der Waals surface area contributed by atoms with Crippen molar-refractivity contribution in [3.05, 3.63) is 35.9 Å². The Bertz CT molecular complexity index is 435. The number of benzene rings is 1. The van der Waals surface area contributed by atoms with E-state index in [-0.39, 0.29) is 6.09 Å². The Balaban J connectivity index is 1.75. The van der Waals surface area contributed by atoms with Crippen molar-refractivity contribution in [1.82, 2.24) is 4.90 Å². The molecule has 0 aromatic heterocycles. The summed E-state index contributed by atoms with van der Waals surface area (Å²) in [6.45, 7) is 1.76. The number of methoxy groups -OCH3 is 1. The van der Waals surface area contributed by atoms with Crippen LogP contribution in [0, 0.1) is 0 Å². The molecule has 1 aromatic carbocycles. The summed E-state index contributed by atoms with van der Waals surface area (Å²) in [5.41, 5.74) is 2.09. The minimum Gasteiger partial charge on any atom is -0.453 e. The molecule has 1 fully saturated rings. The molecule has 1 saturated heterocycles. The van der Waals surface area contributed by atoms with Gasteiger partial charge in [-0.05, 0) is 5.56 Å². The summed E-state index contributed by atoms with van der Waals surface area (Å²) < 4.78 is 4.68. The van der Waals surface area contributed by atoms with Gasteiger partial charge >= 0.3 is 6.09 Å². The third-order valence-electron chi connectivity index (χ3n) is 3.04. The van der Waals surface area contributed by atoms with Gasteiger partial charge in [-0.2, -0.15) is 0 Å². The molecule has 0 atom stereocenters. The highest BCUT2D eigenvalue weighted by molar-refractivity contribution is 5.86. The minimum atomic E-state index is -0.274. The van der Waals surface area contributed by atoms with Gasteiger partial charge in [-0.1, -0.05) is 35.5 Å². The molecule has 1 aliphatic heterocycles. The molecule has 5 nitrogen and oxygen atoms in total. The number of oxime groups is 1. The van der Waals surface area contributed by atoms with Gasteiger partial charge in [0.2, 0.25) is 0 Å². The number of hydrogen-bond acceptors (Lipinski definition) is 4. The molecule has 1 aliphatic rings. The smallest absolute Gasteiger partial charge is 0.409 e. The van der Waals surface area contributed by atoms with Gasteiger partial charge < -0.3 is 14.5 Å². The van der Waals surface area contributed by atoms with Gasteiger partial charge in [0.15, 0.2) is 0 Å². The van der Waals surface area contributed by atoms with Crippen LogP contribution in [0.4, 0.5) is 4.79 Å². The van der Waals surface area contributed by atoms with Crippen LogP contribution in [0.2, 0.25) is 0 Å². The number of carbonyl (C=O) groups is 1. The van der Waals surface area contributed by atoms with Crippen LogP contribution in [0.3, 0.4) is 0 Å². The fourth-order valence-corrected chi connectivity index (χ4v) is 1.94. The zero-order valence-corrected chi connectivity index (χ0v) is 11.0. The zero-order valence-electron chi connectivity index (χ0n) is 11.0. The van der Waals surface area contributed by atoms with Gasteiger partial charge in [0.1, 0.15) is 6.61 Å². The number of hydrogen-bond donors (Lipinski definition) is 0. The van der Waals surface area contributed by atoms with Gasteiger partial charge in [0.25, 0.3) is 0 Å². The molecule has 5 heteroatoms. The maximum Gasteiger partial charge on any atom is 0.409 e. The fourth-order valence-electron chi connectivity index (χ4n) is 1.94. The van der Waals surface area contributed by atoms with E-state index in [1.807, 2.05) is 30.3 Å². The van der Waals surface area contributed by atoms with E-state index in [0.29, 0.717) is 19.7 Å². The molecule has 0 saturated carbocycles. The van der Waals surface area contributed by atoms with Crippen molar-refractivity contribution < 1.29 is 14.4 Å². The van der Waals surface area contributed by atoms with Crippen LogP contribution in [0.15, 0.2) is 35.5 Å². The standard InChI is InChI=1S/C14H18N2O3/c1-18-14(17)16-9-7-13(8-10-16)15-19-11-12-5-3-2-4-6-12/h2-6H,7-11H2,1H3. The summed E-state index contributed by atoms with van der Waals surface area (Å²) >= 11 is 0. The molecular formula is C14H18N2O3. The molecule has 0 N–H and O–H groups in total. The first-order valence-corrected chi connectivity index (χ1v) is 6.34. The fraction of sp³-hybridized carbons (Fsp3) is 0.429. The SMILES string of the molecule is COC(=O)N1CCC(=NOCc2ccccc2)CC1. The van der Waals surface area contributed by atoms with E-state index in [1.165, 1.54) is 7.11 Å². The Morgan fingerprint density at radius 2 is 1.95 bits per heavy atom. The number of amides is 1. The zero-order chi connectivity index (χ0) is 13.5. The molecule has 1 aromatic rings. The number of piperidine rings is 1. The maximum atomic E-state index is 11.3. The third-order valence-corrected chi connectivity index (χ3v) is 3.04. The molecular weight excluding hydrogens is 244 g/mol. The Hall–Kier alpha value is -2.04. The van der Waals surface area contributed by atoms with Crippen LogP contribution < -0.4 is 0 Å². The van der Waals surface area contributed by atoms with Gasteiger partial charge in [-0.15, -0.1) is 0 Å². The Labute approximate surface area is 112 Å². The van der Waals surface area contributed by atoms with Crippen LogP contribution in [-0.2, 0) is 16.2 Å². The van der Waals surface area contributed by atoms with E-state index in [0.717, 1.165) is 24.1 Å². The largest absolute Gasteiger partial charge is 0.453 e. The number of rotatable bonds is 3. The molecule has 0 unspecified atom stereocenters. The van der Waals surface area contributed by atoms with E-state index >= 15 is 0 Å². The minimum absolute atomic E-state index is 0.274. The van der Waals surface area contributed by atoms with Crippen molar-refractivity contribution >= 4 is 11.8 Å². The topological polar surface area (TPSA) is 51.1 Å². The first kappa shape index (κ1) is 13.4. The second-order valence-electron chi connectivity index (χ2n) is 4.37. The predicted octanol–water partition coefficient (Wildman–Crippen LogP) is 2.42. The van der Waals surface area contributed by atoms with E-state index < -0.39 is 0 Å². The molecule has 1 amide bonds. The van der Waals surface area contributed by atoms with Crippen molar-refractivity contribution in [1.29, 1.82) is 0 Å². The summed E-state index contributed by atoms with van der Waals surface area (Å²) in [4.78, 5) is 18.3. The predicted molar refractivity (Wildman–Crippen MR) is 71.9 cm³/mol. The van der Waals surface area contributed by atoms with Crippen molar-refractivity contribution in [2.24, 2.45) is 5.16 Å². The molecule has 0 radical (unpaired) electrons. The summed E-state index contributed by atoms with van der Waals surface area (Å²) in [6.07, 6.45) is 1.21. The van der Waals surface area contributed by atoms with Crippen LogP contribution in [0.1, 0.15) is 18.4 Å². The van der Waals surface area contributed by atoms with Gasteiger partial charge in [0, 0.05) is 25.9 Å². The van der Waals surface area contributed by atoms with Crippen LogP contribution in [-0.4, -0.2) is 36.9 Å². The summed E-state index contributed by atoms with van der Waals surface area (Å²) in [5.74, 6) is 0. The second-order valence-corrected chi connectivity index (χ2v) is 4.37. The normalized spacial score (nSPS) is 15.0. The first-order chi connectivity index (χ1) is 9.29. The van der Waals surface area contributed by atoms with E-state index in [9.17, 15) is 4.79 Å². The van der Waals surface area contributed by atoms with Gasteiger partial charge in [0.05, 0.1) is 12.8 Å². The lowest BCUT2D eigenvalue weighted by Crippen LogP contribution is -2.38. The number of carbonyl (C=O) groups excluding carboxylic acids is 1. The average Bonchev–Trinajstić information content (AvgIpc) is 2.48.